The maximum absolute atomic E-state index is 12.2. The molecule has 0 amide bonds. The van der Waals surface area contributed by atoms with Gasteiger partial charge >= 0.3 is 15.3 Å². The van der Waals surface area contributed by atoms with E-state index in [2.05, 4.69) is 4.98 Å². The van der Waals surface area contributed by atoms with E-state index in [1.807, 2.05) is 0 Å². The molecule has 0 N–H and O–H groups in total. The molecule has 0 fully saturated rings. The number of imidazole rings is 1. The van der Waals surface area contributed by atoms with Crippen LogP contribution < -0.4 is 0 Å². The molecule has 0 radical (unpaired) electrons. The third kappa shape index (κ3) is 1.34. The summed E-state index contributed by atoms with van der Waals surface area (Å²) in [6.07, 6.45) is 0.853. The van der Waals surface area contributed by atoms with E-state index in [-0.39, 0.29) is 18.7 Å². The summed E-state index contributed by atoms with van der Waals surface area (Å²) in [7, 11) is -5.48. The maximum Gasteiger partial charge on any atom is 0.504 e. The Morgan fingerprint density at radius 1 is 1.38 bits per heavy atom. The molecule has 0 saturated heterocycles. The number of ketones is 1. The van der Waals surface area contributed by atoms with Crippen LogP contribution in [0.1, 0.15) is 16.9 Å². The van der Waals surface area contributed by atoms with E-state index < -0.39 is 26.3 Å². The quantitative estimate of drug-likeness (QED) is 0.742. The minimum absolute atomic E-state index is 0.00176. The van der Waals surface area contributed by atoms with E-state index in [9.17, 15) is 26.4 Å². The average Bonchev–Trinajstić information content (AvgIpc) is 2.67. The van der Waals surface area contributed by atoms with Gasteiger partial charge in [-0.25, -0.2) is 13.4 Å². The van der Waals surface area contributed by atoms with Crippen molar-refractivity contribution in [3.8, 4) is 0 Å². The van der Waals surface area contributed by atoms with Crippen LogP contribution in [-0.2, 0) is 16.4 Å². The Kier molecular flexibility index (Phi) is 2.13. The van der Waals surface area contributed by atoms with E-state index in [0.29, 0.717) is 0 Å². The highest BCUT2D eigenvalue weighted by Crippen LogP contribution is 2.31. The lowest BCUT2D eigenvalue weighted by Gasteiger charge is -2.07. The van der Waals surface area contributed by atoms with Crippen LogP contribution in [0.2, 0.25) is 0 Å². The zero-order chi connectivity index (χ0) is 12.1. The highest BCUT2D eigenvalue weighted by molar-refractivity contribution is 7.92. The largest absolute Gasteiger partial charge is 0.504 e. The molecule has 2 rings (SSSR count). The zero-order valence-corrected chi connectivity index (χ0v) is 8.47. The highest BCUT2D eigenvalue weighted by atomic mass is 32.2. The van der Waals surface area contributed by atoms with Gasteiger partial charge in [0.05, 0.1) is 6.20 Å². The predicted molar refractivity (Wildman–Crippen MR) is 44.4 cm³/mol. The van der Waals surface area contributed by atoms with Crippen LogP contribution in [0.3, 0.4) is 0 Å². The first-order chi connectivity index (χ1) is 7.25. The van der Waals surface area contributed by atoms with Crippen molar-refractivity contribution in [1.29, 1.82) is 0 Å². The number of Topliss-reactive ketones (excluding diaryl/α,β-unsaturated/α-hetero) is 1. The lowest BCUT2D eigenvalue weighted by atomic mass is 10.3. The highest BCUT2D eigenvalue weighted by Gasteiger charge is 2.50. The molecule has 2 heterocycles. The monoisotopic (exact) mass is 254 g/mol. The Labute approximate surface area is 87.8 Å². The molecule has 16 heavy (non-hydrogen) atoms. The van der Waals surface area contributed by atoms with E-state index >= 15 is 0 Å². The second-order valence-electron chi connectivity index (χ2n) is 3.20. The molecule has 1 aromatic rings. The fourth-order valence-electron chi connectivity index (χ4n) is 1.46. The number of alkyl halides is 3. The van der Waals surface area contributed by atoms with Gasteiger partial charge in [0.15, 0.2) is 5.78 Å². The van der Waals surface area contributed by atoms with Gasteiger partial charge in [0.2, 0.25) is 5.16 Å². The molecule has 5 nitrogen and oxygen atoms in total. The van der Waals surface area contributed by atoms with Crippen molar-refractivity contribution in [3.63, 3.8) is 0 Å². The molecule has 1 aliphatic heterocycles. The van der Waals surface area contributed by atoms with Crippen molar-refractivity contribution in [3.05, 3.63) is 11.9 Å². The number of halogens is 3. The van der Waals surface area contributed by atoms with Crippen LogP contribution in [0.25, 0.3) is 0 Å². The number of nitrogens with zero attached hydrogens (tertiary/aromatic N) is 2. The summed E-state index contributed by atoms with van der Waals surface area (Å²) in [5.74, 6) is -0.406. The van der Waals surface area contributed by atoms with Crippen LogP contribution in [-0.4, -0.2) is 29.3 Å². The first kappa shape index (κ1) is 11.1. The van der Waals surface area contributed by atoms with Gasteiger partial charge in [-0.05, 0) is 0 Å². The van der Waals surface area contributed by atoms with Crippen LogP contribution in [0.4, 0.5) is 13.2 Å². The van der Waals surface area contributed by atoms with Crippen molar-refractivity contribution in [2.45, 2.75) is 23.6 Å². The first-order valence-electron chi connectivity index (χ1n) is 4.15. The van der Waals surface area contributed by atoms with E-state index in [0.717, 1.165) is 10.8 Å². The second-order valence-corrected chi connectivity index (χ2v) is 5.03. The number of carbonyl (C=O) groups is 1. The Morgan fingerprint density at radius 2 is 2.00 bits per heavy atom. The number of sulfone groups is 1. The molecule has 88 valence electrons. The van der Waals surface area contributed by atoms with Gasteiger partial charge in [-0.1, -0.05) is 0 Å². The Balaban J connectivity index is 2.61. The van der Waals surface area contributed by atoms with Crippen molar-refractivity contribution >= 4 is 15.6 Å². The third-order valence-electron chi connectivity index (χ3n) is 2.21. The molecule has 0 spiro atoms. The lowest BCUT2D eigenvalue weighted by Crippen LogP contribution is -2.26. The average molecular weight is 254 g/mol. The zero-order valence-electron chi connectivity index (χ0n) is 7.65. The molecule has 0 aliphatic carbocycles. The van der Waals surface area contributed by atoms with Crippen molar-refractivity contribution in [2.75, 3.05) is 0 Å². The minimum Gasteiger partial charge on any atom is -0.312 e. The van der Waals surface area contributed by atoms with Crippen LogP contribution in [0.15, 0.2) is 11.4 Å². The molecule has 0 atom stereocenters. The van der Waals surface area contributed by atoms with Crippen molar-refractivity contribution in [2.24, 2.45) is 0 Å². The Hall–Kier alpha value is -1.38. The number of hydrogen-bond acceptors (Lipinski definition) is 4. The molecule has 0 bridgehead atoms. The van der Waals surface area contributed by atoms with Crippen molar-refractivity contribution < 1.29 is 26.4 Å². The first-order valence-corrected chi connectivity index (χ1v) is 5.63. The molecule has 0 aromatic carbocycles. The standard InChI is InChI=1S/C7H5F3N2O3S/c8-7(9,10)16(14,15)6-11-3-4-5(13)1-2-12(4)6/h3H,1-2H2. The van der Waals surface area contributed by atoms with E-state index in [4.69, 9.17) is 0 Å². The second kappa shape index (κ2) is 3.06. The predicted octanol–water partition coefficient (Wildman–Crippen LogP) is 0.763. The fraction of sp³-hybridized carbons (Fsp3) is 0.429. The van der Waals surface area contributed by atoms with Crippen LogP contribution in [0, 0.1) is 0 Å². The number of hydrogen-bond donors (Lipinski definition) is 0. The summed E-state index contributed by atoms with van der Waals surface area (Å²) in [6, 6.07) is 0. The SMILES string of the molecule is O=C1CCn2c1cnc2S(=O)(=O)C(F)(F)F. The molecular formula is C7H5F3N2O3S. The number of carbonyl (C=O) groups excluding carboxylic acids is 1. The summed E-state index contributed by atoms with van der Waals surface area (Å²) in [6.45, 7) is -0.0845. The van der Waals surface area contributed by atoms with Gasteiger partial charge in [0.1, 0.15) is 5.69 Å². The van der Waals surface area contributed by atoms with Gasteiger partial charge < -0.3 is 4.57 Å². The summed E-state index contributed by atoms with van der Waals surface area (Å²) >= 11 is 0. The smallest absolute Gasteiger partial charge is 0.312 e. The normalized spacial score (nSPS) is 16.6. The summed E-state index contributed by atoms with van der Waals surface area (Å²) in [5, 5.41) is -1.11. The van der Waals surface area contributed by atoms with Crippen molar-refractivity contribution in [1.82, 2.24) is 9.55 Å². The minimum atomic E-state index is -5.48. The summed E-state index contributed by atoms with van der Waals surface area (Å²) in [5.41, 5.74) is -5.50. The third-order valence-corrected chi connectivity index (χ3v) is 3.63. The number of rotatable bonds is 1. The number of aromatic nitrogens is 2. The van der Waals surface area contributed by atoms with E-state index in [1.165, 1.54) is 0 Å². The van der Waals surface area contributed by atoms with E-state index in [1.54, 1.807) is 0 Å². The molecule has 1 aliphatic rings. The fourth-order valence-corrected chi connectivity index (χ4v) is 2.34. The molecular weight excluding hydrogens is 249 g/mol. The molecule has 0 saturated carbocycles. The Bertz CT molecular complexity index is 558. The van der Waals surface area contributed by atoms with Crippen LogP contribution in [0.5, 0.6) is 0 Å². The topological polar surface area (TPSA) is 69.0 Å². The van der Waals surface area contributed by atoms with Gasteiger partial charge in [-0.3, -0.25) is 4.79 Å². The van der Waals surface area contributed by atoms with Gasteiger partial charge in [-0.2, -0.15) is 13.2 Å². The molecule has 9 heteroatoms. The maximum atomic E-state index is 12.2. The summed E-state index contributed by atoms with van der Waals surface area (Å²) < 4.78 is 59.6. The lowest BCUT2D eigenvalue weighted by molar-refractivity contribution is -0.0442. The number of fused-ring (bicyclic) bond motifs is 1. The summed E-state index contributed by atoms with van der Waals surface area (Å²) in [4.78, 5) is 14.3. The van der Waals surface area contributed by atoms with Gasteiger partial charge in [0.25, 0.3) is 0 Å². The van der Waals surface area contributed by atoms with Gasteiger partial charge in [0, 0.05) is 13.0 Å². The Morgan fingerprint density at radius 3 is 2.56 bits per heavy atom. The van der Waals surface area contributed by atoms with Gasteiger partial charge in [-0.15, -0.1) is 0 Å². The molecule has 0 unspecified atom stereocenters. The van der Waals surface area contributed by atoms with Crippen LogP contribution >= 0.6 is 0 Å². The molecule has 1 aromatic heterocycles.